The maximum absolute atomic E-state index is 5.78. The highest BCUT2D eigenvalue weighted by molar-refractivity contribution is 5.38. The van der Waals surface area contributed by atoms with Crippen LogP contribution in [0, 0.1) is 47.3 Å². The quantitative estimate of drug-likeness (QED) is 0.465. The van der Waals surface area contributed by atoms with Crippen LogP contribution in [-0.2, 0) is 0 Å². The van der Waals surface area contributed by atoms with E-state index >= 15 is 0 Å². The Morgan fingerprint density at radius 1 is 1.00 bits per heavy atom. The average molecular weight is 299 g/mol. The normalized spacial score (nSPS) is 46.1. The molecule has 4 aliphatic carbocycles. The molecular weight excluding hydrogens is 264 g/mol. The largest absolute Gasteiger partial charge is 0.115 e. The van der Waals surface area contributed by atoms with Crippen LogP contribution < -0.4 is 0 Å². The maximum atomic E-state index is 5.78. The molecule has 0 heterocycles. The van der Waals surface area contributed by atoms with Crippen LogP contribution in [-0.4, -0.2) is 0 Å². The summed E-state index contributed by atoms with van der Waals surface area (Å²) in [6, 6.07) is 0. The average Bonchev–Trinajstić information content (AvgIpc) is 2.93. The van der Waals surface area contributed by atoms with Crippen LogP contribution >= 0.6 is 0 Å². The van der Waals surface area contributed by atoms with Gasteiger partial charge in [0.2, 0.25) is 0 Å². The summed E-state index contributed by atoms with van der Waals surface area (Å²) in [6.45, 7) is 6.47. The second-order valence-corrected chi connectivity index (χ2v) is 8.17. The summed E-state index contributed by atoms with van der Waals surface area (Å²) < 4.78 is 0. The zero-order chi connectivity index (χ0) is 15.7. The van der Waals surface area contributed by atoms with E-state index in [-0.39, 0.29) is 0 Å². The molecule has 0 heteroatoms. The van der Waals surface area contributed by atoms with E-state index in [9.17, 15) is 0 Å². The van der Waals surface area contributed by atoms with Gasteiger partial charge in [-0.05, 0) is 68.1 Å². The monoisotopic (exact) mass is 298 g/mol. The third-order valence-electron chi connectivity index (χ3n) is 7.62. The Balaban J connectivity index is 0.000000693. The SMILES string of the molecule is C#CC1=CCC2C3CCC4CCCCC4C3CCC12C.CC. The first-order valence-electron chi connectivity index (χ1n) is 9.91. The van der Waals surface area contributed by atoms with Crippen LogP contribution in [0.5, 0.6) is 0 Å². The number of terminal acetylenes is 1. The predicted octanol–water partition coefficient (Wildman–Crippen LogP) is 6.22. The van der Waals surface area contributed by atoms with Gasteiger partial charge in [0.1, 0.15) is 0 Å². The molecule has 0 aromatic carbocycles. The van der Waals surface area contributed by atoms with Gasteiger partial charge in [0.15, 0.2) is 0 Å². The van der Waals surface area contributed by atoms with Crippen molar-refractivity contribution in [3.63, 3.8) is 0 Å². The lowest BCUT2D eigenvalue weighted by Crippen LogP contribution is -2.47. The highest BCUT2D eigenvalue weighted by Crippen LogP contribution is 2.62. The van der Waals surface area contributed by atoms with Gasteiger partial charge in [0.25, 0.3) is 0 Å². The van der Waals surface area contributed by atoms with E-state index in [0.717, 1.165) is 29.6 Å². The van der Waals surface area contributed by atoms with E-state index in [2.05, 4.69) is 18.9 Å². The second-order valence-electron chi connectivity index (χ2n) is 8.17. The van der Waals surface area contributed by atoms with Crippen molar-refractivity contribution in [3.05, 3.63) is 11.6 Å². The van der Waals surface area contributed by atoms with Crippen molar-refractivity contribution < 1.29 is 0 Å². The fraction of sp³-hybridized carbons (Fsp3) is 0.818. The molecule has 22 heavy (non-hydrogen) atoms. The minimum Gasteiger partial charge on any atom is -0.115 e. The topological polar surface area (TPSA) is 0 Å². The Labute approximate surface area is 138 Å². The molecular formula is C22H34. The molecule has 0 amide bonds. The zero-order valence-corrected chi connectivity index (χ0v) is 14.9. The Kier molecular flexibility index (Phi) is 4.72. The molecule has 0 saturated heterocycles. The van der Waals surface area contributed by atoms with Crippen molar-refractivity contribution >= 4 is 0 Å². The summed E-state index contributed by atoms with van der Waals surface area (Å²) in [5, 5.41) is 0. The molecule has 0 aromatic rings. The molecule has 0 aliphatic heterocycles. The molecule has 0 spiro atoms. The van der Waals surface area contributed by atoms with Crippen LogP contribution in [0.3, 0.4) is 0 Å². The highest BCUT2D eigenvalue weighted by atomic mass is 14.6. The molecule has 6 unspecified atom stereocenters. The molecule has 6 atom stereocenters. The first kappa shape index (κ1) is 16.2. The van der Waals surface area contributed by atoms with Crippen molar-refractivity contribution in [2.24, 2.45) is 35.0 Å². The Hall–Kier alpha value is -0.700. The van der Waals surface area contributed by atoms with E-state index in [0.29, 0.717) is 5.41 Å². The van der Waals surface area contributed by atoms with E-state index < -0.39 is 0 Å². The van der Waals surface area contributed by atoms with Gasteiger partial charge in [-0.1, -0.05) is 52.0 Å². The van der Waals surface area contributed by atoms with Gasteiger partial charge in [-0.15, -0.1) is 6.42 Å². The lowest BCUT2D eigenvalue weighted by Gasteiger charge is -2.55. The minimum atomic E-state index is 0.359. The molecule has 3 saturated carbocycles. The third-order valence-corrected chi connectivity index (χ3v) is 7.62. The number of rotatable bonds is 0. The lowest BCUT2D eigenvalue weighted by atomic mass is 9.50. The molecule has 122 valence electrons. The zero-order valence-electron chi connectivity index (χ0n) is 14.9. The Morgan fingerprint density at radius 2 is 1.77 bits per heavy atom. The minimum absolute atomic E-state index is 0.359. The van der Waals surface area contributed by atoms with E-state index in [1.165, 1.54) is 63.4 Å². The fourth-order valence-corrected chi connectivity index (χ4v) is 6.62. The third kappa shape index (κ3) is 2.36. The standard InChI is InChI=1S/C20H28.C2H6/c1-3-15-9-11-19-18-10-8-14-6-4-5-7-16(14)17(18)12-13-20(15,19)2;1-2/h1,9,14,16-19H,4-8,10-13H2,2H3;1-2H3. The van der Waals surface area contributed by atoms with Gasteiger partial charge in [0, 0.05) is 11.0 Å². The van der Waals surface area contributed by atoms with Gasteiger partial charge < -0.3 is 0 Å². The molecule has 4 aliphatic rings. The van der Waals surface area contributed by atoms with Gasteiger partial charge >= 0.3 is 0 Å². The molecule has 3 fully saturated rings. The van der Waals surface area contributed by atoms with Crippen LogP contribution in [0.2, 0.25) is 0 Å². The molecule has 0 nitrogen and oxygen atoms in total. The molecule has 0 bridgehead atoms. The summed E-state index contributed by atoms with van der Waals surface area (Å²) in [5.74, 6) is 8.06. The first-order valence-corrected chi connectivity index (χ1v) is 9.91. The van der Waals surface area contributed by atoms with E-state index in [1.807, 2.05) is 13.8 Å². The van der Waals surface area contributed by atoms with Crippen LogP contribution in [0.4, 0.5) is 0 Å². The maximum Gasteiger partial charge on any atom is 0.00399 e. The van der Waals surface area contributed by atoms with E-state index in [1.54, 1.807) is 0 Å². The van der Waals surface area contributed by atoms with Gasteiger partial charge in [0.05, 0.1) is 0 Å². The van der Waals surface area contributed by atoms with Crippen molar-refractivity contribution in [2.75, 3.05) is 0 Å². The lowest BCUT2D eigenvalue weighted by molar-refractivity contribution is -0.0417. The number of hydrogen-bond acceptors (Lipinski definition) is 0. The molecule has 4 rings (SSSR count). The Morgan fingerprint density at radius 3 is 2.55 bits per heavy atom. The van der Waals surface area contributed by atoms with Crippen molar-refractivity contribution in [1.82, 2.24) is 0 Å². The molecule has 0 radical (unpaired) electrons. The number of hydrogen-bond donors (Lipinski definition) is 0. The smallest absolute Gasteiger partial charge is 0.00399 e. The Bertz CT molecular complexity index is 465. The van der Waals surface area contributed by atoms with Crippen molar-refractivity contribution in [2.45, 2.75) is 78.6 Å². The summed E-state index contributed by atoms with van der Waals surface area (Å²) in [6.07, 6.45) is 21.4. The van der Waals surface area contributed by atoms with Crippen LogP contribution in [0.25, 0.3) is 0 Å². The molecule has 0 aromatic heterocycles. The van der Waals surface area contributed by atoms with Crippen LogP contribution in [0.15, 0.2) is 11.6 Å². The summed E-state index contributed by atoms with van der Waals surface area (Å²) >= 11 is 0. The summed E-state index contributed by atoms with van der Waals surface area (Å²) in [5.41, 5.74) is 1.70. The summed E-state index contributed by atoms with van der Waals surface area (Å²) in [7, 11) is 0. The fourth-order valence-electron chi connectivity index (χ4n) is 6.62. The number of allylic oxidation sites excluding steroid dienone is 2. The number of fused-ring (bicyclic) bond motifs is 5. The second kappa shape index (κ2) is 6.43. The van der Waals surface area contributed by atoms with Gasteiger partial charge in [-0.3, -0.25) is 0 Å². The van der Waals surface area contributed by atoms with Crippen LogP contribution in [0.1, 0.15) is 78.6 Å². The summed E-state index contributed by atoms with van der Waals surface area (Å²) in [4.78, 5) is 0. The van der Waals surface area contributed by atoms with Crippen molar-refractivity contribution in [3.8, 4) is 12.3 Å². The van der Waals surface area contributed by atoms with E-state index in [4.69, 9.17) is 6.42 Å². The predicted molar refractivity (Wildman–Crippen MR) is 95.4 cm³/mol. The van der Waals surface area contributed by atoms with Gasteiger partial charge in [-0.25, -0.2) is 0 Å². The first-order chi connectivity index (χ1) is 10.7. The van der Waals surface area contributed by atoms with Gasteiger partial charge in [-0.2, -0.15) is 0 Å². The van der Waals surface area contributed by atoms with Crippen molar-refractivity contribution in [1.29, 1.82) is 0 Å². The molecule has 0 N–H and O–H groups in total. The highest BCUT2D eigenvalue weighted by Gasteiger charge is 2.53.